The van der Waals surface area contributed by atoms with Gasteiger partial charge in [0.1, 0.15) is 24.4 Å². The zero-order chi connectivity index (χ0) is 29.5. The maximum absolute atomic E-state index is 10.3. The Hall–Kier alpha value is -0.363. The third kappa shape index (κ3) is 13.4. The molecule has 6 N–H and O–H groups in total. The Balaban J connectivity index is 2.56. The summed E-state index contributed by atoms with van der Waals surface area (Å²) in [7, 11) is -2.13. The van der Waals surface area contributed by atoms with Crippen molar-refractivity contribution in [3.8, 4) is 0 Å². The molecule has 0 saturated carbocycles. The molecule has 0 radical (unpaired) electrons. The zero-order valence-electron chi connectivity index (χ0n) is 25.7. The lowest BCUT2D eigenvalue weighted by atomic mass is 9.99. The quantitative estimate of drug-likeness (QED) is 0.0796. The maximum atomic E-state index is 10.3. The van der Waals surface area contributed by atoms with E-state index in [-0.39, 0.29) is 17.7 Å². The molecule has 1 aliphatic heterocycles. The second-order valence-electron chi connectivity index (χ2n) is 12.8. The lowest BCUT2D eigenvalue weighted by molar-refractivity contribution is -0.302. The molecule has 0 amide bonds. The lowest BCUT2D eigenvalue weighted by Gasteiger charge is -2.41. The van der Waals surface area contributed by atoms with E-state index in [1.807, 2.05) is 6.08 Å². The molecule has 232 valence electrons. The van der Waals surface area contributed by atoms with E-state index >= 15 is 0 Å². The molecule has 1 unspecified atom stereocenters. The minimum atomic E-state index is -2.13. The highest BCUT2D eigenvalue weighted by Gasteiger charge is 2.44. The van der Waals surface area contributed by atoms with E-state index in [2.05, 4.69) is 46.9 Å². The predicted molar refractivity (Wildman–Crippen MR) is 160 cm³/mol. The van der Waals surface area contributed by atoms with Crippen molar-refractivity contribution in [2.45, 2.75) is 166 Å². The first-order valence-corrected chi connectivity index (χ1v) is 18.3. The molecule has 1 heterocycles. The van der Waals surface area contributed by atoms with Gasteiger partial charge in [-0.15, -0.1) is 0 Å². The second-order valence-corrected chi connectivity index (χ2v) is 17.5. The molecule has 0 spiro atoms. The lowest BCUT2D eigenvalue weighted by Crippen LogP contribution is -2.60. The van der Waals surface area contributed by atoms with Gasteiger partial charge in [0.2, 0.25) is 0 Å². The van der Waals surface area contributed by atoms with Crippen molar-refractivity contribution < 1.29 is 34.3 Å². The third-order valence-corrected chi connectivity index (χ3v) is 12.7. The van der Waals surface area contributed by atoms with E-state index in [4.69, 9.17) is 19.6 Å². The molecule has 0 aromatic carbocycles. The topological polar surface area (TPSA) is 135 Å². The number of aliphatic hydroxyl groups is 4. The SMILES string of the molecule is CCCCCCCCCCCCCC=C[C@@H](O[Si](C)(C)C(C)(C)C)[C@@H](N)CO[C@H]1OC(CO)[C@H](O)[C@H](O)[C@@H]1O. The van der Waals surface area contributed by atoms with Crippen LogP contribution in [0.15, 0.2) is 12.2 Å². The molecule has 1 aliphatic rings. The van der Waals surface area contributed by atoms with Crippen LogP contribution >= 0.6 is 0 Å². The summed E-state index contributed by atoms with van der Waals surface area (Å²) >= 11 is 0. The van der Waals surface area contributed by atoms with Crippen LogP contribution in [0.1, 0.15) is 105 Å². The molecule has 1 fully saturated rings. The Morgan fingerprint density at radius 2 is 1.41 bits per heavy atom. The zero-order valence-corrected chi connectivity index (χ0v) is 26.7. The number of hydrogen-bond donors (Lipinski definition) is 5. The van der Waals surface area contributed by atoms with Crippen LogP contribution in [0.2, 0.25) is 18.1 Å². The van der Waals surface area contributed by atoms with Crippen LogP contribution in [0, 0.1) is 0 Å². The summed E-state index contributed by atoms with van der Waals surface area (Å²) in [6.07, 6.45) is 12.7. The number of aliphatic hydroxyl groups excluding tert-OH is 4. The maximum Gasteiger partial charge on any atom is 0.192 e. The van der Waals surface area contributed by atoms with E-state index in [0.29, 0.717) is 0 Å². The molecular weight excluding hydrogens is 514 g/mol. The van der Waals surface area contributed by atoms with Gasteiger partial charge in [-0.1, -0.05) is 104 Å². The summed E-state index contributed by atoms with van der Waals surface area (Å²) in [5, 5.41) is 39.7. The number of rotatable bonds is 20. The van der Waals surface area contributed by atoms with Crippen molar-refractivity contribution in [2.75, 3.05) is 13.2 Å². The first-order chi connectivity index (χ1) is 18.4. The number of unbranched alkanes of at least 4 members (excludes halogenated alkanes) is 11. The van der Waals surface area contributed by atoms with E-state index in [0.717, 1.165) is 12.8 Å². The summed E-state index contributed by atoms with van der Waals surface area (Å²) in [6, 6.07) is -0.528. The van der Waals surface area contributed by atoms with Crippen LogP contribution in [0.4, 0.5) is 0 Å². The minimum Gasteiger partial charge on any atom is -0.409 e. The molecule has 9 heteroatoms. The Morgan fingerprint density at radius 1 is 0.872 bits per heavy atom. The molecule has 1 saturated heterocycles. The number of ether oxygens (including phenoxy) is 2. The molecule has 0 aromatic heterocycles. The van der Waals surface area contributed by atoms with Crippen LogP contribution in [-0.4, -0.2) is 84.8 Å². The largest absolute Gasteiger partial charge is 0.409 e. The number of allylic oxidation sites excluding steroid dienone is 1. The third-order valence-electron chi connectivity index (χ3n) is 8.26. The van der Waals surface area contributed by atoms with Crippen molar-refractivity contribution in [2.24, 2.45) is 5.73 Å². The molecule has 0 aliphatic carbocycles. The molecule has 39 heavy (non-hydrogen) atoms. The summed E-state index contributed by atoms with van der Waals surface area (Å²) in [4.78, 5) is 0. The van der Waals surface area contributed by atoms with Gasteiger partial charge in [-0.2, -0.15) is 0 Å². The average molecular weight is 576 g/mol. The van der Waals surface area contributed by atoms with E-state index < -0.39 is 51.7 Å². The van der Waals surface area contributed by atoms with Gasteiger partial charge in [0, 0.05) is 0 Å². The highest BCUT2D eigenvalue weighted by Crippen LogP contribution is 2.37. The van der Waals surface area contributed by atoms with Gasteiger partial charge in [-0.3, -0.25) is 0 Å². The van der Waals surface area contributed by atoms with Gasteiger partial charge in [-0.05, 0) is 31.0 Å². The molecule has 0 aromatic rings. The Bertz CT molecular complexity index is 656. The van der Waals surface area contributed by atoms with E-state index in [1.54, 1.807) is 0 Å². The molecular formula is C30H61NO7Si. The fraction of sp³-hybridized carbons (Fsp3) is 0.933. The summed E-state index contributed by atoms with van der Waals surface area (Å²) in [6.45, 7) is 12.7. The molecule has 7 atom stereocenters. The predicted octanol–water partition coefficient (Wildman–Crippen LogP) is 4.78. The van der Waals surface area contributed by atoms with Gasteiger partial charge in [0.15, 0.2) is 14.6 Å². The fourth-order valence-electron chi connectivity index (χ4n) is 4.45. The van der Waals surface area contributed by atoms with Crippen LogP contribution in [0.3, 0.4) is 0 Å². The van der Waals surface area contributed by atoms with Crippen molar-refractivity contribution >= 4 is 8.32 Å². The van der Waals surface area contributed by atoms with E-state index in [9.17, 15) is 20.4 Å². The number of nitrogens with two attached hydrogens (primary N) is 1. The standard InChI is InChI=1S/C30H61NO7Si/c1-7-8-9-10-11-12-13-14-15-16-17-18-19-20-24(38-39(5,6)30(2,3)4)23(31)22-36-29-28(35)27(34)26(33)25(21-32)37-29/h19-20,23-29,32-35H,7-18,21-22,31H2,1-6H3/t23-,24+,25?,26-,27-,28-,29-/m0/s1. The summed E-state index contributed by atoms with van der Waals surface area (Å²) < 4.78 is 17.8. The first-order valence-electron chi connectivity index (χ1n) is 15.4. The molecule has 8 nitrogen and oxygen atoms in total. The monoisotopic (exact) mass is 575 g/mol. The smallest absolute Gasteiger partial charge is 0.192 e. The highest BCUT2D eigenvalue weighted by molar-refractivity contribution is 6.74. The Labute approximate surface area is 239 Å². The minimum absolute atomic E-state index is 0.00688. The normalized spacial score (nSPS) is 26.3. The van der Waals surface area contributed by atoms with Gasteiger partial charge in [0.05, 0.1) is 25.4 Å². The van der Waals surface area contributed by atoms with Crippen molar-refractivity contribution in [3.05, 3.63) is 12.2 Å². The second kappa shape index (κ2) is 18.9. The van der Waals surface area contributed by atoms with Gasteiger partial charge in [-0.25, -0.2) is 0 Å². The van der Waals surface area contributed by atoms with Crippen LogP contribution in [0.25, 0.3) is 0 Å². The molecule has 0 bridgehead atoms. The first kappa shape index (κ1) is 36.7. The highest BCUT2D eigenvalue weighted by atomic mass is 28.4. The van der Waals surface area contributed by atoms with Gasteiger partial charge >= 0.3 is 0 Å². The molecule has 1 rings (SSSR count). The van der Waals surface area contributed by atoms with Crippen LogP contribution < -0.4 is 5.73 Å². The van der Waals surface area contributed by atoms with Crippen molar-refractivity contribution in [1.82, 2.24) is 0 Å². The number of hydrogen-bond acceptors (Lipinski definition) is 8. The Kier molecular flexibility index (Phi) is 17.8. The van der Waals surface area contributed by atoms with E-state index in [1.165, 1.54) is 64.2 Å². The fourth-order valence-corrected chi connectivity index (χ4v) is 5.74. The van der Waals surface area contributed by atoms with Crippen molar-refractivity contribution in [1.29, 1.82) is 0 Å². The van der Waals surface area contributed by atoms with Gasteiger partial charge < -0.3 is 40.1 Å². The summed E-state index contributed by atoms with van der Waals surface area (Å²) in [5.74, 6) is 0. The summed E-state index contributed by atoms with van der Waals surface area (Å²) in [5.41, 5.74) is 6.53. The Morgan fingerprint density at radius 3 is 1.92 bits per heavy atom. The van der Waals surface area contributed by atoms with Crippen molar-refractivity contribution in [3.63, 3.8) is 0 Å². The van der Waals surface area contributed by atoms with Gasteiger partial charge in [0.25, 0.3) is 0 Å². The average Bonchev–Trinajstić information content (AvgIpc) is 2.88. The van der Waals surface area contributed by atoms with Crippen LogP contribution in [-0.2, 0) is 13.9 Å². The van der Waals surface area contributed by atoms with Crippen LogP contribution in [0.5, 0.6) is 0 Å².